The van der Waals surface area contributed by atoms with Crippen LogP contribution < -0.4 is 11.1 Å². The van der Waals surface area contributed by atoms with Crippen molar-refractivity contribution in [3.05, 3.63) is 0 Å². The average Bonchev–Trinajstić information content (AvgIpc) is 2.31. The molecular weight excluding hydrogens is 220 g/mol. The molecule has 17 heavy (non-hydrogen) atoms. The van der Waals surface area contributed by atoms with Crippen LogP contribution in [0.5, 0.6) is 0 Å². The first-order valence-electron chi connectivity index (χ1n) is 6.35. The third kappa shape index (κ3) is 6.61. The van der Waals surface area contributed by atoms with Crippen LogP contribution >= 0.6 is 0 Å². The summed E-state index contributed by atoms with van der Waals surface area (Å²) in [4.78, 5) is 11.1. The van der Waals surface area contributed by atoms with Crippen LogP contribution in [0.3, 0.4) is 0 Å². The number of carbonyl (C=O) groups is 1. The highest BCUT2D eigenvalue weighted by Crippen LogP contribution is 2.19. The Morgan fingerprint density at radius 2 is 2.06 bits per heavy atom. The molecule has 100 valence electrons. The van der Waals surface area contributed by atoms with Crippen LogP contribution in [-0.2, 0) is 14.3 Å². The normalized spacial score (nSPS) is 24.6. The molecule has 1 saturated carbocycles. The number of carbonyl (C=O) groups excluding carboxylic acids is 1. The molecule has 0 radical (unpaired) electrons. The summed E-state index contributed by atoms with van der Waals surface area (Å²) >= 11 is 0. The van der Waals surface area contributed by atoms with Gasteiger partial charge in [-0.25, -0.2) is 0 Å². The van der Waals surface area contributed by atoms with E-state index in [1.807, 2.05) is 0 Å². The summed E-state index contributed by atoms with van der Waals surface area (Å²) in [6.45, 7) is 1.48. The summed E-state index contributed by atoms with van der Waals surface area (Å²) in [5, 5.41) is 2.76. The van der Waals surface area contributed by atoms with Gasteiger partial charge < -0.3 is 20.5 Å². The van der Waals surface area contributed by atoms with E-state index in [9.17, 15) is 4.79 Å². The Balaban J connectivity index is 1.92. The van der Waals surface area contributed by atoms with Crippen LogP contribution in [-0.4, -0.2) is 44.9 Å². The van der Waals surface area contributed by atoms with Crippen LogP contribution in [0.4, 0.5) is 0 Å². The molecule has 5 heteroatoms. The van der Waals surface area contributed by atoms with Crippen LogP contribution in [0.1, 0.15) is 32.1 Å². The third-order valence-electron chi connectivity index (χ3n) is 2.99. The van der Waals surface area contributed by atoms with Crippen molar-refractivity contribution in [3.63, 3.8) is 0 Å². The van der Waals surface area contributed by atoms with Crippen molar-refractivity contribution in [3.8, 4) is 0 Å². The molecule has 0 unspecified atom stereocenters. The van der Waals surface area contributed by atoms with E-state index in [0.717, 1.165) is 32.1 Å². The second kappa shape index (κ2) is 8.44. The molecule has 0 saturated heterocycles. The van der Waals surface area contributed by atoms with E-state index < -0.39 is 0 Å². The van der Waals surface area contributed by atoms with Crippen molar-refractivity contribution in [2.45, 2.75) is 44.2 Å². The summed E-state index contributed by atoms with van der Waals surface area (Å²) < 4.78 is 10.4. The largest absolute Gasteiger partial charge is 0.378 e. The number of methoxy groups -OCH3 is 1. The fourth-order valence-electron chi connectivity index (χ4n) is 1.99. The van der Waals surface area contributed by atoms with Crippen LogP contribution in [0.2, 0.25) is 0 Å². The van der Waals surface area contributed by atoms with Crippen molar-refractivity contribution in [1.82, 2.24) is 5.32 Å². The fraction of sp³-hybridized carbons (Fsp3) is 0.917. The molecule has 1 aliphatic rings. The number of nitrogens with one attached hydrogen (secondary N) is 1. The molecule has 1 fully saturated rings. The highest BCUT2D eigenvalue weighted by Gasteiger charge is 2.18. The second-order valence-electron chi connectivity index (χ2n) is 4.54. The molecule has 1 aliphatic carbocycles. The molecule has 0 bridgehead atoms. The minimum Gasteiger partial charge on any atom is -0.378 e. The van der Waals surface area contributed by atoms with Crippen molar-refractivity contribution in [2.75, 3.05) is 26.9 Å². The predicted octanol–water partition coefficient (Wildman–Crippen LogP) is 0.426. The molecule has 0 aromatic rings. The van der Waals surface area contributed by atoms with Gasteiger partial charge in [0.2, 0.25) is 5.91 Å². The summed E-state index contributed by atoms with van der Waals surface area (Å²) in [5.41, 5.74) is 5.82. The van der Waals surface area contributed by atoms with Crippen molar-refractivity contribution in [2.24, 2.45) is 5.73 Å². The zero-order valence-corrected chi connectivity index (χ0v) is 10.6. The van der Waals surface area contributed by atoms with Crippen LogP contribution in [0.15, 0.2) is 0 Å². The number of nitrogens with two attached hydrogens (primary N) is 1. The maximum atomic E-state index is 11.1. The maximum absolute atomic E-state index is 11.1. The Morgan fingerprint density at radius 1 is 1.35 bits per heavy atom. The lowest BCUT2D eigenvalue weighted by atomic mass is 9.94. The number of hydrogen-bond donors (Lipinski definition) is 2. The van der Waals surface area contributed by atoms with E-state index in [-0.39, 0.29) is 12.5 Å². The number of amides is 1. The average molecular weight is 244 g/mol. The maximum Gasteiger partial charge on any atom is 0.245 e. The molecule has 0 atom stereocenters. The van der Waals surface area contributed by atoms with Gasteiger partial charge in [0.25, 0.3) is 0 Å². The fourth-order valence-corrected chi connectivity index (χ4v) is 1.99. The minimum atomic E-state index is -0.0730. The van der Waals surface area contributed by atoms with Gasteiger partial charge in [-0.3, -0.25) is 4.79 Å². The van der Waals surface area contributed by atoms with Gasteiger partial charge in [0.15, 0.2) is 0 Å². The molecule has 0 spiro atoms. The first-order valence-corrected chi connectivity index (χ1v) is 6.35. The predicted molar refractivity (Wildman–Crippen MR) is 65.7 cm³/mol. The molecule has 1 rings (SSSR count). The van der Waals surface area contributed by atoms with E-state index in [2.05, 4.69) is 5.32 Å². The van der Waals surface area contributed by atoms with Gasteiger partial charge >= 0.3 is 0 Å². The Bertz CT molecular complexity index is 216. The van der Waals surface area contributed by atoms with Crippen LogP contribution in [0.25, 0.3) is 0 Å². The molecule has 0 heterocycles. The Hall–Kier alpha value is -0.650. The van der Waals surface area contributed by atoms with Gasteiger partial charge in [-0.1, -0.05) is 0 Å². The Kier molecular flexibility index (Phi) is 7.16. The Morgan fingerprint density at radius 3 is 2.71 bits per heavy atom. The highest BCUT2D eigenvalue weighted by molar-refractivity contribution is 5.77. The van der Waals surface area contributed by atoms with Gasteiger partial charge in [0, 0.05) is 26.3 Å². The standard InChI is InChI=1S/C12H24N2O3/c1-16-9-12(15)14-7-2-8-17-11-5-3-10(13)4-6-11/h10-11H,2-9,13H2,1H3,(H,14,15). The van der Waals surface area contributed by atoms with E-state index in [4.69, 9.17) is 15.2 Å². The smallest absolute Gasteiger partial charge is 0.245 e. The van der Waals surface area contributed by atoms with Crippen molar-refractivity contribution >= 4 is 5.91 Å². The molecule has 0 aliphatic heterocycles. The lowest BCUT2D eigenvalue weighted by Gasteiger charge is -2.26. The topological polar surface area (TPSA) is 73.6 Å². The highest BCUT2D eigenvalue weighted by atomic mass is 16.5. The molecule has 3 N–H and O–H groups in total. The molecule has 0 aromatic carbocycles. The van der Waals surface area contributed by atoms with Crippen molar-refractivity contribution < 1.29 is 14.3 Å². The minimum absolute atomic E-state index is 0.0730. The first kappa shape index (κ1) is 14.4. The van der Waals surface area contributed by atoms with E-state index in [1.165, 1.54) is 7.11 Å². The van der Waals surface area contributed by atoms with Crippen LogP contribution in [0, 0.1) is 0 Å². The summed E-state index contributed by atoms with van der Waals surface area (Å²) in [6.07, 6.45) is 5.47. The van der Waals surface area contributed by atoms with Gasteiger partial charge in [0.05, 0.1) is 6.10 Å². The van der Waals surface area contributed by atoms with E-state index >= 15 is 0 Å². The zero-order chi connectivity index (χ0) is 12.5. The number of rotatable bonds is 7. The lowest BCUT2D eigenvalue weighted by Crippen LogP contribution is -2.31. The molecular formula is C12H24N2O3. The van der Waals surface area contributed by atoms with Gasteiger partial charge in [-0.2, -0.15) is 0 Å². The first-order chi connectivity index (χ1) is 8.22. The van der Waals surface area contributed by atoms with E-state index in [0.29, 0.717) is 25.3 Å². The molecule has 5 nitrogen and oxygen atoms in total. The zero-order valence-electron chi connectivity index (χ0n) is 10.6. The van der Waals surface area contributed by atoms with Gasteiger partial charge in [0.1, 0.15) is 6.61 Å². The third-order valence-corrected chi connectivity index (χ3v) is 2.99. The summed E-state index contributed by atoms with van der Waals surface area (Å²) in [6, 6.07) is 0.364. The number of ether oxygens (including phenoxy) is 2. The van der Waals surface area contributed by atoms with Crippen molar-refractivity contribution in [1.29, 1.82) is 0 Å². The molecule has 0 aromatic heterocycles. The number of hydrogen-bond acceptors (Lipinski definition) is 4. The lowest BCUT2D eigenvalue weighted by molar-refractivity contribution is -0.124. The molecule has 1 amide bonds. The van der Waals surface area contributed by atoms with E-state index in [1.54, 1.807) is 0 Å². The summed E-state index contributed by atoms with van der Waals surface area (Å²) in [7, 11) is 1.51. The quantitative estimate of drug-likeness (QED) is 0.637. The monoisotopic (exact) mass is 244 g/mol. The Labute approximate surface area is 103 Å². The van der Waals surface area contributed by atoms with Gasteiger partial charge in [-0.15, -0.1) is 0 Å². The second-order valence-corrected chi connectivity index (χ2v) is 4.54. The summed E-state index contributed by atoms with van der Waals surface area (Å²) in [5.74, 6) is -0.0730. The SMILES string of the molecule is COCC(=O)NCCCOC1CCC(N)CC1. The van der Waals surface area contributed by atoms with Gasteiger partial charge in [-0.05, 0) is 32.1 Å².